The number of fused-ring (bicyclic) bond motifs is 1. The molecule has 0 heterocycles. The van der Waals surface area contributed by atoms with Crippen LogP contribution in [0.2, 0.25) is 0 Å². The molecule has 2 unspecified atom stereocenters. The van der Waals surface area contributed by atoms with E-state index in [1.165, 1.54) is 31.3 Å². The molecular formula is C27H40O3. The highest BCUT2D eigenvalue weighted by atomic mass is 16.3. The first kappa shape index (κ1) is 23.2. The first-order valence-corrected chi connectivity index (χ1v) is 11.8. The van der Waals surface area contributed by atoms with Gasteiger partial charge in [-0.15, -0.1) is 0 Å². The molecular weight excluding hydrogens is 372 g/mol. The van der Waals surface area contributed by atoms with Crippen LogP contribution in [0, 0.1) is 29.1 Å². The highest BCUT2D eigenvalue weighted by Gasteiger charge is 2.50. The van der Waals surface area contributed by atoms with Crippen LogP contribution in [0.25, 0.3) is 0 Å². The summed E-state index contributed by atoms with van der Waals surface area (Å²) in [7, 11) is 0. The van der Waals surface area contributed by atoms with Crippen molar-refractivity contribution in [2.45, 2.75) is 84.8 Å². The zero-order chi connectivity index (χ0) is 22.1. The molecule has 0 saturated heterocycles. The van der Waals surface area contributed by atoms with Crippen LogP contribution in [0.15, 0.2) is 47.6 Å². The number of aliphatic hydroxyl groups excluding tert-OH is 2. The molecule has 7 atom stereocenters. The average molecular weight is 413 g/mol. The van der Waals surface area contributed by atoms with Crippen molar-refractivity contribution in [3.05, 3.63) is 47.6 Å². The van der Waals surface area contributed by atoms with E-state index in [1.54, 1.807) is 6.92 Å². The zero-order valence-electron chi connectivity index (χ0n) is 19.2. The molecule has 0 aliphatic heterocycles. The molecule has 0 bridgehead atoms. The van der Waals surface area contributed by atoms with Gasteiger partial charge < -0.3 is 10.2 Å². The highest BCUT2D eigenvalue weighted by Crippen LogP contribution is 2.59. The molecule has 3 nitrogen and oxygen atoms in total. The van der Waals surface area contributed by atoms with Crippen molar-refractivity contribution in [1.82, 2.24) is 0 Å². The number of rotatable bonds is 5. The van der Waals surface area contributed by atoms with Gasteiger partial charge >= 0.3 is 0 Å². The molecule has 3 rings (SSSR count). The molecule has 3 fully saturated rings. The summed E-state index contributed by atoms with van der Waals surface area (Å²) in [6.07, 6.45) is 14.7. The molecule has 0 amide bonds. The Morgan fingerprint density at radius 3 is 2.63 bits per heavy atom. The van der Waals surface area contributed by atoms with E-state index in [0.29, 0.717) is 36.0 Å². The standard InChI is InChI=1S/C27H40O3/c1-17(20(4)28)8-9-18(2)24-12-13-25-21(7-6-14-27(24,25)5)10-11-22-15-23(29)16-26(30)19(22)3/h8-11,17-18,23-26,29-30H,3,6-7,12-16H2,1-2,4-5H3/b9-8+,21-10-,22-11+/t17-,18+,23+,24?,25?,26-,27+/m0/s1. The molecule has 0 aromatic rings. The van der Waals surface area contributed by atoms with Gasteiger partial charge in [0, 0.05) is 12.3 Å². The van der Waals surface area contributed by atoms with Crippen LogP contribution < -0.4 is 0 Å². The second-order valence-electron chi connectivity index (χ2n) is 10.3. The number of hydrogen-bond acceptors (Lipinski definition) is 3. The number of aliphatic hydroxyl groups is 2. The maximum Gasteiger partial charge on any atom is 0.136 e. The van der Waals surface area contributed by atoms with Crippen LogP contribution in [0.3, 0.4) is 0 Å². The first-order valence-electron chi connectivity index (χ1n) is 11.8. The van der Waals surface area contributed by atoms with E-state index in [1.807, 2.05) is 6.92 Å². The van der Waals surface area contributed by atoms with Crippen LogP contribution in [0.4, 0.5) is 0 Å². The van der Waals surface area contributed by atoms with Gasteiger partial charge in [0.1, 0.15) is 5.78 Å². The van der Waals surface area contributed by atoms with Crippen molar-refractivity contribution < 1.29 is 15.0 Å². The van der Waals surface area contributed by atoms with E-state index >= 15 is 0 Å². The summed E-state index contributed by atoms with van der Waals surface area (Å²) >= 11 is 0. The minimum Gasteiger partial charge on any atom is -0.393 e. The summed E-state index contributed by atoms with van der Waals surface area (Å²) in [6.45, 7) is 12.5. The number of carbonyl (C=O) groups excluding carboxylic acids is 1. The quantitative estimate of drug-likeness (QED) is 0.583. The van der Waals surface area contributed by atoms with Gasteiger partial charge in [-0.2, -0.15) is 0 Å². The molecule has 3 aliphatic carbocycles. The van der Waals surface area contributed by atoms with Crippen molar-refractivity contribution >= 4 is 5.78 Å². The molecule has 166 valence electrons. The minimum atomic E-state index is -0.629. The predicted octanol–water partition coefficient (Wildman–Crippen LogP) is 5.54. The Hall–Kier alpha value is -1.45. The summed E-state index contributed by atoms with van der Waals surface area (Å²) in [6, 6.07) is 0. The Morgan fingerprint density at radius 2 is 1.93 bits per heavy atom. The summed E-state index contributed by atoms with van der Waals surface area (Å²) < 4.78 is 0. The molecule has 0 spiro atoms. The summed E-state index contributed by atoms with van der Waals surface area (Å²) in [4.78, 5) is 11.6. The van der Waals surface area contributed by atoms with Crippen LogP contribution in [0.5, 0.6) is 0 Å². The third-order valence-electron chi connectivity index (χ3n) is 8.28. The SMILES string of the molecule is C=C1/C(=C/C=C2/CCC[C@@]3(C)C2CCC3[C@H](C)/C=C/[C@H](C)C(C)=O)C[C@@H](O)C[C@@H]1O. The molecule has 3 saturated carbocycles. The van der Waals surface area contributed by atoms with Crippen molar-refractivity contribution in [3.63, 3.8) is 0 Å². The fourth-order valence-corrected chi connectivity index (χ4v) is 6.22. The summed E-state index contributed by atoms with van der Waals surface area (Å²) in [5.74, 6) is 1.94. The van der Waals surface area contributed by atoms with Crippen LogP contribution in [-0.4, -0.2) is 28.2 Å². The van der Waals surface area contributed by atoms with Crippen molar-refractivity contribution in [2.24, 2.45) is 29.1 Å². The van der Waals surface area contributed by atoms with Crippen LogP contribution in [0.1, 0.15) is 72.6 Å². The number of ketones is 1. The fourth-order valence-electron chi connectivity index (χ4n) is 6.22. The smallest absolute Gasteiger partial charge is 0.136 e. The van der Waals surface area contributed by atoms with Crippen molar-refractivity contribution in [1.29, 1.82) is 0 Å². The van der Waals surface area contributed by atoms with Gasteiger partial charge in [-0.3, -0.25) is 4.79 Å². The molecule has 0 radical (unpaired) electrons. The lowest BCUT2D eigenvalue weighted by Gasteiger charge is -2.44. The molecule has 3 heteroatoms. The van der Waals surface area contributed by atoms with E-state index in [-0.39, 0.29) is 11.7 Å². The molecule has 0 aromatic heterocycles. The van der Waals surface area contributed by atoms with Crippen LogP contribution in [-0.2, 0) is 4.79 Å². The van der Waals surface area contributed by atoms with Gasteiger partial charge in [0.15, 0.2) is 0 Å². The Morgan fingerprint density at radius 1 is 1.20 bits per heavy atom. The van der Waals surface area contributed by atoms with Gasteiger partial charge in [-0.1, -0.05) is 57.2 Å². The number of allylic oxidation sites excluding steroid dienone is 5. The largest absolute Gasteiger partial charge is 0.393 e. The van der Waals surface area contributed by atoms with E-state index in [2.05, 4.69) is 44.7 Å². The monoisotopic (exact) mass is 412 g/mol. The topological polar surface area (TPSA) is 57.5 Å². The van der Waals surface area contributed by atoms with E-state index in [4.69, 9.17) is 0 Å². The number of Topliss-reactive ketones (excluding diaryl/α,β-unsaturated/α-hetero) is 1. The molecule has 30 heavy (non-hydrogen) atoms. The lowest BCUT2D eigenvalue weighted by Crippen LogP contribution is -2.35. The van der Waals surface area contributed by atoms with Gasteiger partial charge in [-0.25, -0.2) is 0 Å². The lowest BCUT2D eigenvalue weighted by molar-refractivity contribution is -0.118. The van der Waals surface area contributed by atoms with Crippen molar-refractivity contribution in [3.8, 4) is 0 Å². The number of carbonyl (C=O) groups is 1. The van der Waals surface area contributed by atoms with E-state index in [0.717, 1.165) is 17.6 Å². The maximum atomic E-state index is 11.6. The van der Waals surface area contributed by atoms with Gasteiger partial charge in [-0.05, 0) is 79.8 Å². The van der Waals surface area contributed by atoms with Crippen LogP contribution >= 0.6 is 0 Å². The Kier molecular flexibility index (Phi) is 7.24. The minimum absolute atomic E-state index is 0.000174. The third kappa shape index (κ3) is 4.73. The summed E-state index contributed by atoms with van der Waals surface area (Å²) in [5, 5.41) is 20.1. The molecule has 3 aliphatic rings. The fraction of sp³-hybridized carbons (Fsp3) is 0.667. The lowest BCUT2D eigenvalue weighted by atomic mass is 9.61. The summed E-state index contributed by atoms with van der Waals surface area (Å²) in [5.41, 5.74) is 3.58. The van der Waals surface area contributed by atoms with Gasteiger partial charge in [0.05, 0.1) is 12.2 Å². The van der Waals surface area contributed by atoms with E-state index < -0.39 is 12.2 Å². The maximum absolute atomic E-state index is 11.6. The Labute approximate surface area is 182 Å². The van der Waals surface area contributed by atoms with Crippen molar-refractivity contribution in [2.75, 3.05) is 0 Å². The Balaban J connectivity index is 1.77. The van der Waals surface area contributed by atoms with Gasteiger partial charge in [0.25, 0.3) is 0 Å². The zero-order valence-corrected chi connectivity index (χ0v) is 19.2. The molecule has 2 N–H and O–H groups in total. The second-order valence-corrected chi connectivity index (χ2v) is 10.3. The number of hydrogen-bond donors (Lipinski definition) is 2. The highest BCUT2D eigenvalue weighted by molar-refractivity contribution is 5.79. The average Bonchev–Trinajstić information content (AvgIpc) is 3.04. The first-order chi connectivity index (χ1) is 14.1. The second kappa shape index (κ2) is 9.36. The normalized spacial score (nSPS) is 39.5. The Bertz CT molecular complexity index is 758. The van der Waals surface area contributed by atoms with E-state index in [9.17, 15) is 15.0 Å². The third-order valence-corrected chi connectivity index (χ3v) is 8.28. The van der Waals surface area contributed by atoms with Gasteiger partial charge in [0.2, 0.25) is 0 Å². The molecule has 0 aromatic carbocycles. The predicted molar refractivity (Wildman–Crippen MR) is 123 cm³/mol.